The van der Waals surface area contributed by atoms with E-state index in [9.17, 15) is 14.4 Å². The number of hydrogen-bond donors (Lipinski definition) is 1. The first-order valence-corrected chi connectivity index (χ1v) is 9.71. The molecule has 1 heterocycles. The minimum atomic E-state index is -1.08. The normalized spacial score (nSPS) is 11.7. The average molecular weight is 458 g/mol. The molecule has 0 saturated heterocycles. The lowest BCUT2D eigenvalue weighted by Crippen LogP contribution is -2.32. The van der Waals surface area contributed by atoms with Crippen molar-refractivity contribution in [3.8, 4) is 5.69 Å². The fourth-order valence-electron chi connectivity index (χ4n) is 2.84. The standard InChI is InChI=1S/C21H20BrN3O4/c1-13-18(20(27)25(24(13)3)15-9-5-4-6-10-15)23-19(26)14(2)29-21(28)16-11-7-8-12-17(16)22/h4-12,14H,1-3H3,(H,23,26)/t14-/m1/s1. The molecule has 0 aliphatic carbocycles. The lowest BCUT2D eigenvalue weighted by molar-refractivity contribution is -0.123. The fourth-order valence-corrected chi connectivity index (χ4v) is 3.29. The lowest BCUT2D eigenvalue weighted by Gasteiger charge is -2.13. The number of para-hydroxylation sites is 1. The number of rotatable bonds is 5. The van der Waals surface area contributed by atoms with Gasteiger partial charge in [0.05, 0.1) is 16.9 Å². The maximum atomic E-state index is 12.9. The summed E-state index contributed by atoms with van der Waals surface area (Å²) < 4.78 is 8.95. The fraction of sp³-hybridized carbons (Fsp3) is 0.190. The Kier molecular flexibility index (Phi) is 6.03. The van der Waals surface area contributed by atoms with Gasteiger partial charge >= 0.3 is 5.97 Å². The Balaban J connectivity index is 1.80. The molecular weight excluding hydrogens is 438 g/mol. The topological polar surface area (TPSA) is 82.3 Å². The smallest absolute Gasteiger partial charge is 0.340 e. The number of amides is 1. The van der Waals surface area contributed by atoms with Gasteiger partial charge in [-0.2, -0.15) is 0 Å². The van der Waals surface area contributed by atoms with Crippen molar-refractivity contribution in [3.63, 3.8) is 0 Å². The summed E-state index contributed by atoms with van der Waals surface area (Å²) in [5, 5.41) is 2.60. The molecule has 8 heteroatoms. The number of benzene rings is 2. The van der Waals surface area contributed by atoms with Crippen molar-refractivity contribution in [1.82, 2.24) is 9.36 Å². The second-order valence-corrected chi connectivity index (χ2v) is 7.31. The minimum Gasteiger partial charge on any atom is -0.449 e. The maximum absolute atomic E-state index is 12.9. The van der Waals surface area contributed by atoms with Crippen molar-refractivity contribution in [3.05, 3.63) is 80.7 Å². The molecule has 1 atom stereocenters. The first kappa shape index (κ1) is 20.6. The summed E-state index contributed by atoms with van der Waals surface area (Å²) in [4.78, 5) is 37.7. The van der Waals surface area contributed by atoms with Crippen LogP contribution < -0.4 is 10.9 Å². The van der Waals surface area contributed by atoms with Crippen LogP contribution in [0.25, 0.3) is 5.69 Å². The zero-order valence-corrected chi connectivity index (χ0v) is 17.8. The number of carbonyl (C=O) groups excluding carboxylic acids is 2. The van der Waals surface area contributed by atoms with Crippen molar-refractivity contribution < 1.29 is 14.3 Å². The predicted molar refractivity (Wildman–Crippen MR) is 113 cm³/mol. The van der Waals surface area contributed by atoms with Crippen LogP contribution in [0.3, 0.4) is 0 Å². The largest absolute Gasteiger partial charge is 0.449 e. The monoisotopic (exact) mass is 457 g/mol. The van der Waals surface area contributed by atoms with Crippen LogP contribution in [0.4, 0.5) is 5.69 Å². The highest BCUT2D eigenvalue weighted by molar-refractivity contribution is 9.10. The quantitative estimate of drug-likeness (QED) is 0.594. The van der Waals surface area contributed by atoms with E-state index in [0.29, 0.717) is 21.4 Å². The molecule has 7 nitrogen and oxygen atoms in total. The van der Waals surface area contributed by atoms with Crippen LogP contribution in [0, 0.1) is 6.92 Å². The Morgan fingerprint density at radius 1 is 1.07 bits per heavy atom. The van der Waals surface area contributed by atoms with E-state index in [1.165, 1.54) is 11.6 Å². The highest BCUT2D eigenvalue weighted by Gasteiger charge is 2.24. The third kappa shape index (κ3) is 4.17. The number of halogens is 1. The van der Waals surface area contributed by atoms with Gasteiger partial charge in [-0.3, -0.25) is 14.3 Å². The second-order valence-electron chi connectivity index (χ2n) is 6.45. The Hall–Kier alpha value is -3.13. The summed E-state index contributed by atoms with van der Waals surface area (Å²) in [5.41, 5.74) is 1.35. The third-order valence-corrected chi connectivity index (χ3v) is 5.24. The molecule has 0 unspecified atom stereocenters. The van der Waals surface area contributed by atoms with Gasteiger partial charge in [0.1, 0.15) is 5.69 Å². The molecule has 1 N–H and O–H groups in total. The first-order chi connectivity index (χ1) is 13.8. The van der Waals surface area contributed by atoms with Crippen LogP contribution in [0.15, 0.2) is 63.9 Å². The van der Waals surface area contributed by atoms with Crippen LogP contribution in [0.1, 0.15) is 23.0 Å². The van der Waals surface area contributed by atoms with Crippen LogP contribution in [-0.2, 0) is 16.6 Å². The lowest BCUT2D eigenvalue weighted by atomic mass is 10.2. The summed E-state index contributed by atoms with van der Waals surface area (Å²) in [6.45, 7) is 3.19. The molecule has 0 radical (unpaired) electrons. The van der Waals surface area contributed by atoms with Gasteiger partial charge < -0.3 is 10.1 Å². The van der Waals surface area contributed by atoms with Gasteiger partial charge in [0.2, 0.25) is 0 Å². The van der Waals surface area contributed by atoms with E-state index < -0.39 is 18.0 Å². The Bertz CT molecular complexity index is 1120. The van der Waals surface area contributed by atoms with Crippen LogP contribution >= 0.6 is 15.9 Å². The van der Waals surface area contributed by atoms with Gasteiger partial charge in [-0.05, 0) is 54.0 Å². The van der Waals surface area contributed by atoms with Gasteiger partial charge in [0.25, 0.3) is 11.5 Å². The molecule has 0 saturated carbocycles. The number of aromatic nitrogens is 2. The maximum Gasteiger partial charge on any atom is 0.340 e. The number of ether oxygens (including phenoxy) is 1. The SMILES string of the molecule is Cc1c(NC(=O)[C@@H](C)OC(=O)c2ccccc2Br)c(=O)n(-c2ccccc2)n1C. The van der Waals surface area contributed by atoms with E-state index in [-0.39, 0.29) is 11.2 Å². The Morgan fingerprint density at radius 3 is 2.34 bits per heavy atom. The predicted octanol–water partition coefficient (Wildman–Crippen LogP) is 3.43. The minimum absolute atomic E-state index is 0.144. The second kappa shape index (κ2) is 8.48. The zero-order valence-electron chi connectivity index (χ0n) is 16.2. The summed E-state index contributed by atoms with van der Waals surface area (Å²) in [5.74, 6) is -1.22. The van der Waals surface area contributed by atoms with E-state index in [2.05, 4.69) is 21.2 Å². The molecule has 1 aromatic heterocycles. The average Bonchev–Trinajstić information content (AvgIpc) is 2.92. The number of nitrogens with zero attached hydrogens (tertiary/aromatic N) is 2. The zero-order chi connectivity index (χ0) is 21.1. The highest BCUT2D eigenvalue weighted by atomic mass is 79.9. The van der Waals surface area contributed by atoms with E-state index >= 15 is 0 Å². The Labute approximate surface area is 176 Å². The number of hydrogen-bond acceptors (Lipinski definition) is 4. The van der Waals surface area contributed by atoms with Crippen molar-refractivity contribution >= 4 is 33.5 Å². The number of nitrogens with one attached hydrogen (secondary N) is 1. The van der Waals surface area contributed by atoms with Crippen molar-refractivity contribution in [2.75, 3.05) is 5.32 Å². The third-order valence-electron chi connectivity index (χ3n) is 4.55. The molecule has 3 rings (SSSR count). The molecule has 0 aliphatic rings. The van der Waals surface area contributed by atoms with E-state index in [0.717, 1.165) is 0 Å². The molecule has 2 aromatic carbocycles. The molecule has 0 aliphatic heterocycles. The van der Waals surface area contributed by atoms with E-state index in [1.54, 1.807) is 55.1 Å². The molecule has 3 aromatic rings. The van der Waals surface area contributed by atoms with Crippen LogP contribution in [-0.4, -0.2) is 27.3 Å². The van der Waals surface area contributed by atoms with E-state index in [4.69, 9.17) is 4.74 Å². The number of anilines is 1. The summed E-state index contributed by atoms with van der Waals surface area (Å²) >= 11 is 3.28. The molecule has 0 fully saturated rings. The molecule has 150 valence electrons. The van der Waals surface area contributed by atoms with Crippen LogP contribution in [0.2, 0.25) is 0 Å². The van der Waals surface area contributed by atoms with Crippen molar-refractivity contribution in [2.24, 2.45) is 7.05 Å². The van der Waals surface area contributed by atoms with Crippen molar-refractivity contribution in [1.29, 1.82) is 0 Å². The highest BCUT2D eigenvalue weighted by Crippen LogP contribution is 2.18. The van der Waals surface area contributed by atoms with E-state index in [1.807, 2.05) is 18.2 Å². The molecule has 0 spiro atoms. The summed E-state index contributed by atoms with van der Waals surface area (Å²) in [6, 6.07) is 15.9. The van der Waals surface area contributed by atoms with Crippen molar-refractivity contribution in [2.45, 2.75) is 20.0 Å². The van der Waals surface area contributed by atoms with Gasteiger partial charge in [-0.15, -0.1) is 0 Å². The molecule has 0 bridgehead atoms. The molecule has 1 amide bonds. The first-order valence-electron chi connectivity index (χ1n) is 8.91. The Morgan fingerprint density at radius 2 is 1.69 bits per heavy atom. The number of esters is 1. The van der Waals surface area contributed by atoms with Gasteiger partial charge in [0.15, 0.2) is 6.10 Å². The van der Waals surface area contributed by atoms with Crippen LogP contribution in [0.5, 0.6) is 0 Å². The van der Waals surface area contributed by atoms with Gasteiger partial charge in [-0.1, -0.05) is 30.3 Å². The van der Waals surface area contributed by atoms with Gasteiger partial charge in [0, 0.05) is 11.5 Å². The number of carbonyl (C=O) groups is 2. The summed E-state index contributed by atoms with van der Waals surface area (Å²) in [6.07, 6.45) is -1.08. The molecule has 29 heavy (non-hydrogen) atoms. The molecular formula is C21H20BrN3O4. The van der Waals surface area contributed by atoms with Gasteiger partial charge in [-0.25, -0.2) is 9.48 Å². The summed E-state index contributed by atoms with van der Waals surface area (Å²) in [7, 11) is 1.73.